The van der Waals surface area contributed by atoms with E-state index in [1.165, 1.54) is 0 Å². The van der Waals surface area contributed by atoms with Crippen molar-refractivity contribution >= 4 is 14.3 Å². The van der Waals surface area contributed by atoms with Crippen molar-refractivity contribution in [3.63, 3.8) is 0 Å². The first kappa shape index (κ1) is 22.1. The molecule has 0 rings (SSSR count). The van der Waals surface area contributed by atoms with E-state index in [4.69, 9.17) is 9.16 Å². The normalized spacial score (nSPS) is 13.6. The second-order valence-corrected chi connectivity index (χ2v) is 12.3. The Balaban J connectivity index is 3.83. The summed E-state index contributed by atoms with van der Waals surface area (Å²) in [4.78, 5) is 11.3. The van der Waals surface area contributed by atoms with Gasteiger partial charge in [-0.2, -0.15) is 0 Å². The van der Waals surface area contributed by atoms with E-state index in [-0.39, 0.29) is 11.0 Å². The maximum Gasteiger partial charge on any atom is 0.330 e. The first-order valence-electron chi connectivity index (χ1n) is 8.73. The predicted octanol–water partition coefficient (Wildman–Crippen LogP) is 5.63. The van der Waals surface area contributed by atoms with E-state index in [0.717, 1.165) is 37.9 Å². The molecule has 0 unspecified atom stereocenters. The van der Waals surface area contributed by atoms with E-state index in [0.29, 0.717) is 6.61 Å². The second-order valence-electron chi connectivity index (χ2n) is 7.53. The number of carbonyl (C=O) groups is 1. The van der Waals surface area contributed by atoms with Crippen LogP contribution in [0.5, 0.6) is 0 Å². The number of ether oxygens (including phenoxy) is 1. The Hall–Kier alpha value is -0.873. The van der Waals surface area contributed by atoms with Gasteiger partial charge in [-0.25, -0.2) is 4.79 Å². The molecule has 0 N–H and O–H groups in total. The van der Waals surface area contributed by atoms with E-state index in [1.807, 2.05) is 13.8 Å². The molecule has 3 nitrogen and oxygen atoms in total. The van der Waals surface area contributed by atoms with Gasteiger partial charge in [0.25, 0.3) is 0 Å². The summed E-state index contributed by atoms with van der Waals surface area (Å²) in [5, 5.41) is 0.267. The van der Waals surface area contributed by atoms with E-state index >= 15 is 0 Å². The smallest absolute Gasteiger partial charge is 0.330 e. The van der Waals surface area contributed by atoms with Gasteiger partial charge in [0.15, 0.2) is 8.32 Å². The van der Waals surface area contributed by atoms with Crippen LogP contribution in [0.1, 0.15) is 60.3 Å². The highest BCUT2D eigenvalue weighted by atomic mass is 28.4. The van der Waals surface area contributed by atoms with Crippen LogP contribution in [0.3, 0.4) is 0 Å². The standard InChI is InChI=1S/C19H36O3Si/c1-8-21-18(20)16-17(2)14-12-10-9-11-13-15-22-23(6,7)19(3,4)5/h11,13,16H,8-10,12,14-15H2,1-7H3/b13-11+,17-16-. The number of hydrogen-bond acceptors (Lipinski definition) is 3. The molecule has 0 aromatic carbocycles. The average Bonchev–Trinajstić information content (AvgIpc) is 2.40. The molecule has 0 spiro atoms. The van der Waals surface area contributed by atoms with Gasteiger partial charge in [0, 0.05) is 6.08 Å². The highest BCUT2D eigenvalue weighted by Gasteiger charge is 2.36. The number of allylic oxidation sites excluding steroid dienone is 2. The summed E-state index contributed by atoms with van der Waals surface area (Å²) in [6.45, 7) is 16.3. The molecular weight excluding hydrogens is 304 g/mol. The minimum Gasteiger partial charge on any atom is -0.463 e. The molecule has 0 aromatic rings. The fourth-order valence-electron chi connectivity index (χ4n) is 1.78. The lowest BCUT2D eigenvalue weighted by Gasteiger charge is -2.35. The van der Waals surface area contributed by atoms with Crippen LogP contribution >= 0.6 is 0 Å². The Labute approximate surface area is 144 Å². The lowest BCUT2D eigenvalue weighted by Crippen LogP contribution is -2.40. The highest BCUT2D eigenvalue weighted by Crippen LogP contribution is 2.36. The monoisotopic (exact) mass is 340 g/mol. The van der Waals surface area contributed by atoms with Crippen LogP contribution in [0.4, 0.5) is 0 Å². The topological polar surface area (TPSA) is 35.5 Å². The highest BCUT2D eigenvalue weighted by molar-refractivity contribution is 6.74. The van der Waals surface area contributed by atoms with Crippen molar-refractivity contribution in [2.75, 3.05) is 13.2 Å². The van der Waals surface area contributed by atoms with Crippen molar-refractivity contribution in [2.45, 2.75) is 78.4 Å². The second kappa shape index (κ2) is 10.8. The van der Waals surface area contributed by atoms with Gasteiger partial charge in [-0.3, -0.25) is 0 Å². The van der Waals surface area contributed by atoms with E-state index in [2.05, 4.69) is 46.0 Å². The summed E-state index contributed by atoms with van der Waals surface area (Å²) in [7, 11) is -1.62. The Morgan fingerprint density at radius 1 is 1.13 bits per heavy atom. The predicted molar refractivity (Wildman–Crippen MR) is 101 cm³/mol. The molecule has 0 fully saturated rings. The van der Waals surface area contributed by atoms with Crippen molar-refractivity contribution in [3.8, 4) is 0 Å². The number of esters is 1. The fraction of sp³-hybridized carbons (Fsp3) is 0.737. The number of carbonyl (C=O) groups excluding carboxylic acids is 1. The maximum absolute atomic E-state index is 11.3. The summed E-state index contributed by atoms with van der Waals surface area (Å²) < 4.78 is 11.0. The lowest BCUT2D eigenvalue weighted by molar-refractivity contribution is -0.137. The molecule has 0 aromatic heterocycles. The van der Waals surface area contributed by atoms with Gasteiger partial charge >= 0.3 is 5.97 Å². The van der Waals surface area contributed by atoms with Crippen LogP contribution < -0.4 is 0 Å². The number of rotatable bonds is 10. The Morgan fingerprint density at radius 3 is 2.35 bits per heavy atom. The van der Waals surface area contributed by atoms with Crippen molar-refractivity contribution in [1.29, 1.82) is 0 Å². The first-order valence-corrected chi connectivity index (χ1v) is 11.6. The zero-order valence-corrected chi connectivity index (χ0v) is 17.2. The van der Waals surface area contributed by atoms with Gasteiger partial charge in [-0.05, 0) is 57.7 Å². The molecule has 0 aliphatic carbocycles. The molecule has 23 heavy (non-hydrogen) atoms. The Kier molecular flexibility index (Phi) is 10.4. The van der Waals surface area contributed by atoms with Crippen LogP contribution in [0, 0.1) is 0 Å². The molecule has 0 radical (unpaired) electrons. The van der Waals surface area contributed by atoms with E-state index < -0.39 is 8.32 Å². The summed E-state index contributed by atoms with van der Waals surface area (Å²) in [5.74, 6) is -0.229. The third-order valence-electron chi connectivity index (χ3n) is 4.36. The third-order valence-corrected chi connectivity index (χ3v) is 8.86. The minimum atomic E-state index is -1.62. The van der Waals surface area contributed by atoms with Gasteiger partial charge in [-0.1, -0.05) is 38.5 Å². The molecule has 0 saturated carbocycles. The van der Waals surface area contributed by atoms with Crippen LogP contribution in [-0.4, -0.2) is 27.5 Å². The Bertz CT molecular complexity index is 403. The van der Waals surface area contributed by atoms with Gasteiger partial charge in [0.05, 0.1) is 13.2 Å². The lowest BCUT2D eigenvalue weighted by atomic mass is 10.1. The maximum atomic E-state index is 11.3. The van der Waals surface area contributed by atoms with Crippen LogP contribution in [0.2, 0.25) is 18.1 Å². The summed E-state index contributed by atoms with van der Waals surface area (Å²) in [6.07, 6.45) is 10.2. The molecule has 0 amide bonds. The number of unbranched alkanes of at least 4 members (excludes halogenated alkanes) is 2. The SMILES string of the molecule is CCOC(=O)/C=C(/C)CCCC/C=C/CO[Si](C)(C)C(C)(C)C. The van der Waals surface area contributed by atoms with Crippen LogP contribution in [0.25, 0.3) is 0 Å². The average molecular weight is 341 g/mol. The van der Waals surface area contributed by atoms with Crippen molar-refractivity contribution in [1.82, 2.24) is 0 Å². The fourth-order valence-corrected chi connectivity index (χ4v) is 2.73. The minimum absolute atomic E-state index is 0.229. The molecular formula is C19H36O3Si. The van der Waals surface area contributed by atoms with Gasteiger partial charge < -0.3 is 9.16 Å². The van der Waals surface area contributed by atoms with Gasteiger partial charge in [-0.15, -0.1) is 0 Å². The first-order chi connectivity index (χ1) is 10.6. The molecule has 0 heterocycles. The molecule has 0 aliphatic rings. The zero-order chi connectivity index (χ0) is 17.9. The van der Waals surface area contributed by atoms with Crippen molar-refractivity contribution < 1.29 is 14.0 Å². The van der Waals surface area contributed by atoms with E-state index in [9.17, 15) is 4.79 Å². The third kappa shape index (κ3) is 10.5. The van der Waals surface area contributed by atoms with Crippen molar-refractivity contribution in [2.24, 2.45) is 0 Å². The van der Waals surface area contributed by atoms with Crippen molar-refractivity contribution in [3.05, 3.63) is 23.8 Å². The molecule has 0 aliphatic heterocycles. The van der Waals surface area contributed by atoms with Crippen LogP contribution in [0.15, 0.2) is 23.8 Å². The number of hydrogen-bond donors (Lipinski definition) is 0. The zero-order valence-electron chi connectivity index (χ0n) is 16.2. The summed E-state index contributed by atoms with van der Waals surface area (Å²) in [5.41, 5.74) is 1.09. The van der Waals surface area contributed by atoms with E-state index in [1.54, 1.807) is 6.08 Å². The molecule has 0 bridgehead atoms. The van der Waals surface area contributed by atoms with Gasteiger partial charge in [0.2, 0.25) is 0 Å². The largest absolute Gasteiger partial charge is 0.463 e. The molecule has 0 saturated heterocycles. The molecule has 0 atom stereocenters. The summed E-state index contributed by atoms with van der Waals surface area (Å²) in [6, 6.07) is 0. The van der Waals surface area contributed by atoms with Gasteiger partial charge in [0.1, 0.15) is 0 Å². The molecule has 4 heteroatoms. The molecule has 134 valence electrons. The van der Waals surface area contributed by atoms with Crippen LogP contribution in [-0.2, 0) is 14.0 Å². The summed E-state index contributed by atoms with van der Waals surface area (Å²) >= 11 is 0. The quantitative estimate of drug-likeness (QED) is 0.170. The Morgan fingerprint density at radius 2 is 1.78 bits per heavy atom.